The first-order valence-corrected chi connectivity index (χ1v) is 5.31. The second-order valence-electron chi connectivity index (χ2n) is 3.88. The van der Waals surface area contributed by atoms with Gasteiger partial charge in [0.25, 0.3) is 0 Å². The molecule has 0 N–H and O–H groups in total. The number of carbonyl (C=O) groups is 1. The van der Waals surface area contributed by atoms with Crippen LogP contribution in [0.15, 0.2) is 30.5 Å². The van der Waals surface area contributed by atoms with Crippen molar-refractivity contribution in [2.24, 2.45) is 7.05 Å². The van der Waals surface area contributed by atoms with Crippen molar-refractivity contribution < 1.29 is 9.53 Å². The summed E-state index contributed by atoms with van der Waals surface area (Å²) in [5.74, 6) is 0.421. The predicted octanol–water partition coefficient (Wildman–Crippen LogP) is 1.97. The molecule has 0 atom stereocenters. The molecule has 1 heterocycles. The summed E-state index contributed by atoms with van der Waals surface area (Å²) in [4.78, 5) is 12.3. The number of ether oxygens (including phenoxy) is 1. The Kier molecular flexibility index (Phi) is 2.95. The van der Waals surface area contributed by atoms with Gasteiger partial charge < -0.3 is 4.74 Å². The lowest BCUT2D eigenvalue weighted by Gasteiger charge is -2.05. The van der Waals surface area contributed by atoms with Gasteiger partial charge in [0, 0.05) is 12.6 Å². The molecular formula is C13H14N2O2. The molecule has 1 aromatic carbocycles. The first kappa shape index (κ1) is 11.4. The summed E-state index contributed by atoms with van der Waals surface area (Å²) in [5.41, 5.74) is 2.17. The fraction of sp³-hybridized carbons (Fsp3) is 0.231. The number of hydrogen-bond donors (Lipinski definition) is 0. The van der Waals surface area contributed by atoms with Gasteiger partial charge in [0.2, 0.25) is 5.78 Å². The number of aromatic nitrogens is 2. The van der Waals surface area contributed by atoms with E-state index in [0.717, 1.165) is 5.56 Å². The number of ketones is 1. The molecule has 0 aliphatic heterocycles. The van der Waals surface area contributed by atoms with Crippen molar-refractivity contribution >= 4 is 5.78 Å². The molecule has 0 unspecified atom stereocenters. The van der Waals surface area contributed by atoms with Crippen LogP contribution in [0.4, 0.5) is 0 Å². The Balaban J connectivity index is 2.47. The van der Waals surface area contributed by atoms with Crippen molar-refractivity contribution in [3.05, 3.63) is 47.3 Å². The zero-order valence-electron chi connectivity index (χ0n) is 10.1. The smallest absolute Gasteiger partial charge is 0.214 e. The molecule has 0 fully saturated rings. The van der Waals surface area contributed by atoms with Crippen LogP contribution in [0.25, 0.3) is 0 Å². The van der Waals surface area contributed by atoms with Crippen LogP contribution in [0.1, 0.15) is 21.6 Å². The van der Waals surface area contributed by atoms with E-state index in [0.29, 0.717) is 17.0 Å². The molecule has 0 radical (unpaired) electrons. The van der Waals surface area contributed by atoms with Gasteiger partial charge in [-0.1, -0.05) is 23.8 Å². The molecule has 0 saturated heterocycles. The van der Waals surface area contributed by atoms with Gasteiger partial charge in [-0.25, -0.2) is 0 Å². The predicted molar refractivity (Wildman–Crippen MR) is 64.4 cm³/mol. The van der Waals surface area contributed by atoms with Gasteiger partial charge in [-0.3, -0.25) is 9.48 Å². The van der Waals surface area contributed by atoms with E-state index in [1.807, 2.05) is 25.1 Å². The number of rotatable bonds is 3. The molecule has 17 heavy (non-hydrogen) atoms. The van der Waals surface area contributed by atoms with Gasteiger partial charge >= 0.3 is 0 Å². The van der Waals surface area contributed by atoms with Crippen LogP contribution < -0.4 is 4.74 Å². The number of methoxy groups -OCH3 is 1. The number of hydrogen-bond acceptors (Lipinski definition) is 3. The summed E-state index contributed by atoms with van der Waals surface area (Å²) in [6.45, 7) is 1.96. The number of carbonyl (C=O) groups excluding carboxylic acids is 1. The molecule has 0 spiro atoms. The number of aryl methyl sites for hydroxylation is 2. The second-order valence-corrected chi connectivity index (χ2v) is 3.88. The molecule has 4 heteroatoms. The van der Waals surface area contributed by atoms with Gasteiger partial charge in [0.1, 0.15) is 0 Å². The highest BCUT2D eigenvalue weighted by Crippen LogP contribution is 2.20. The zero-order valence-corrected chi connectivity index (χ0v) is 10.1. The van der Waals surface area contributed by atoms with Crippen LogP contribution >= 0.6 is 0 Å². The first-order valence-electron chi connectivity index (χ1n) is 5.31. The summed E-state index contributed by atoms with van der Waals surface area (Å²) in [6.07, 6.45) is 1.54. The lowest BCUT2D eigenvalue weighted by molar-refractivity contribution is 0.102. The van der Waals surface area contributed by atoms with Crippen molar-refractivity contribution in [3.63, 3.8) is 0 Å². The molecule has 2 rings (SSSR count). The fourth-order valence-electron chi connectivity index (χ4n) is 1.75. The third-order valence-electron chi connectivity index (χ3n) is 2.62. The van der Waals surface area contributed by atoms with Crippen LogP contribution in [0, 0.1) is 6.92 Å². The van der Waals surface area contributed by atoms with E-state index in [-0.39, 0.29) is 5.78 Å². The highest BCUT2D eigenvalue weighted by Gasteiger charge is 2.19. The normalized spacial score (nSPS) is 10.3. The van der Waals surface area contributed by atoms with E-state index in [1.54, 1.807) is 19.3 Å². The van der Waals surface area contributed by atoms with E-state index < -0.39 is 0 Å². The SMILES string of the molecule is COc1cnn(C)c1C(=O)c1cccc(C)c1. The van der Waals surface area contributed by atoms with Crippen LogP contribution in [0.5, 0.6) is 5.75 Å². The third kappa shape index (κ3) is 2.06. The first-order chi connectivity index (χ1) is 8.13. The van der Waals surface area contributed by atoms with Gasteiger partial charge in [0.05, 0.1) is 13.3 Å². The van der Waals surface area contributed by atoms with Gasteiger partial charge in [-0.15, -0.1) is 0 Å². The molecule has 0 aliphatic carbocycles. The van der Waals surface area contributed by atoms with E-state index in [1.165, 1.54) is 11.8 Å². The summed E-state index contributed by atoms with van der Waals surface area (Å²) in [7, 11) is 3.26. The summed E-state index contributed by atoms with van der Waals surface area (Å²) in [5, 5.41) is 4.03. The highest BCUT2D eigenvalue weighted by molar-refractivity contribution is 6.09. The minimum atomic E-state index is -0.0782. The summed E-state index contributed by atoms with van der Waals surface area (Å²) < 4.78 is 6.67. The molecule has 0 saturated carbocycles. The quantitative estimate of drug-likeness (QED) is 0.757. The van der Waals surface area contributed by atoms with E-state index in [9.17, 15) is 4.79 Å². The Morgan fingerprint density at radius 3 is 2.82 bits per heavy atom. The van der Waals surface area contributed by atoms with Crippen molar-refractivity contribution in [1.82, 2.24) is 9.78 Å². The third-order valence-corrected chi connectivity index (χ3v) is 2.62. The van der Waals surface area contributed by atoms with Gasteiger partial charge in [-0.2, -0.15) is 5.10 Å². The Bertz CT molecular complexity index is 558. The van der Waals surface area contributed by atoms with Gasteiger partial charge in [0.15, 0.2) is 11.4 Å². The maximum absolute atomic E-state index is 12.3. The molecule has 0 bridgehead atoms. The summed E-state index contributed by atoms with van der Waals surface area (Å²) in [6, 6.07) is 7.47. The van der Waals surface area contributed by atoms with E-state index in [4.69, 9.17) is 4.74 Å². The van der Waals surface area contributed by atoms with Crippen molar-refractivity contribution in [1.29, 1.82) is 0 Å². The maximum atomic E-state index is 12.3. The molecule has 4 nitrogen and oxygen atoms in total. The van der Waals surface area contributed by atoms with Crippen LogP contribution in [0.3, 0.4) is 0 Å². The van der Waals surface area contributed by atoms with Crippen LogP contribution in [-0.4, -0.2) is 22.7 Å². The molecular weight excluding hydrogens is 216 g/mol. The standard InChI is InChI=1S/C13H14N2O2/c1-9-5-4-6-10(7-9)13(16)12-11(17-3)8-14-15(12)2/h4-8H,1-3H3. The lowest BCUT2D eigenvalue weighted by atomic mass is 10.1. The minimum Gasteiger partial charge on any atom is -0.493 e. The van der Waals surface area contributed by atoms with E-state index in [2.05, 4.69) is 5.10 Å². The Morgan fingerprint density at radius 2 is 2.18 bits per heavy atom. The average molecular weight is 230 g/mol. The molecule has 1 aromatic heterocycles. The maximum Gasteiger partial charge on any atom is 0.214 e. The monoisotopic (exact) mass is 230 g/mol. The Labute approximate surface area is 99.8 Å². The lowest BCUT2D eigenvalue weighted by Crippen LogP contribution is -2.09. The molecule has 0 amide bonds. The largest absolute Gasteiger partial charge is 0.493 e. The highest BCUT2D eigenvalue weighted by atomic mass is 16.5. The Morgan fingerprint density at radius 1 is 1.41 bits per heavy atom. The van der Waals surface area contributed by atoms with Crippen LogP contribution in [0.2, 0.25) is 0 Å². The zero-order chi connectivity index (χ0) is 12.4. The van der Waals surface area contributed by atoms with Crippen molar-refractivity contribution in [3.8, 4) is 5.75 Å². The Hall–Kier alpha value is -2.10. The average Bonchev–Trinajstić information content (AvgIpc) is 2.69. The number of benzene rings is 1. The fourth-order valence-corrected chi connectivity index (χ4v) is 1.75. The summed E-state index contributed by atoms with van der Waals surface area (Å²) >= 11 is 0. The van der Waals surface area contributed by atoms with Crippen molar-refractivity contribution in [2.45, 2.75) is 6.92 Å². The molecule has 2 aromatic rings. The van der Waals surface area contributed by atoms with Crippen LogP contribution in [-0.2, 0) is 7.05 Å². The molecule has 0 aliphatic rings. The van der Waals surface area contributed by atoms with Gasteiger partial charge in [-0.05, 0) is 13.0 Å². The number of nitrogens with zero attached hydrogens (tertiary/aromatic N) is 2. The van der Waals surface area contributed by atoms with E-state index >= 15 is 0 Å². The topological polar surface area (TPSA) is 44.1 Å². The minimum absolute atomic E-state index is 0.0782. The second kappa shape index (κ2) is 4.41. The molecule has 88 valence electrons. The van der Waals surface area contributed by atoms with Crippen molar-refractivity contribution in [2.75, 3.05) is 7.11 Å².